The molecule has 4 aromatic carbocycles. The van der Waals surface area contributed by atoms with E-state index < -0.39 is 29.2 Å². The van der Waals surface area contributed by atoms with Crippen LogP contribution in [0.1, 0.15) is 52.5 Å². The molecule has 0 radical (unpaired) electrons. The second-order valence-corrected chi connectivity index (χ2v) is 13.4. The van der Waals surface area contributed by atoms with E-state index >= 15 is 4.39 Å². The lowest BCUT2D eigenvalue weighted by atomic mass is 9.73. The van der Waals surface area contributed by atoms with Crippen LogP contribution >= 0.6 is 23.2 Å². The number of amides is 1. The number of benzene rings is 4. The summed E-state index contributed by atoms with van der Waals surface area (Å²) >= 11 is 12.7. The number of nitrogens with one attached hydrogen (secondary N) is 1. The van der Waals surface area contributed by atoms with Crippen molar-refractivity contribution >= 4 is 51.8 Å². The number of carboxylic acid groups (broad SMARTS) is 1. The van der Waals surface area contributed by atoms with Crippen LogP contribution in [-0.2, 0) is 17.8 Å². The Balaban J connectivity index is 1.41. The van der Waals surface area contributed by atoms with Crippen molar-refractivity contribution in [1.82, 2.24) is 14.5 Å². The van der Waals surface area contributed by atoms with Crippen LogP contribution in [0.4, 0.5) is 10.1 Å². The zero-order valence-corrected chi connectivity index (χ0v) is 27.8. The average Bonchev–Trinajstić information content (AvgIpc) is 3.57. The molecule has 0 spiro atoms. The van der Waals surface area contributed by atoms with Crippen LogP contribution in [0.3, 0.4) is 0 Å². The fourth-order valence-corrected chi connectivity index (χ4v) is 8.18. The highest BCUT2D eigenvalue weighted by molar-refractivity contribution is 6.31. The number of aromatic nitrogens is 2. The number of carbonyl (C=O) groups excluding carboxylic acids is 1. The summed E-state index contributed by atoms with van der Waals surface area (Å²) in [5.74, 6) is -1.69. The summed E-state index contributed by atoms with van der Waals surface area (Å²) in [4.78, 5) is 33.9. The SMILES string of the molecule is COc1cccc(CCN2[C@H]3CCn4c(nc5cc(C(=O)O)ccc54)[C@H]3[C@H](c3cccc(Cl)c3F)[C@]2(C)C(=O)Nc2cccc(Cl)c2)c1. The number of halogens is 3. The Morgan fingerprint density at radius 3 is 2.62 bits per heavy atom. The molecule has 11 heteroatoms. The Morgan fingerprint density at radius 2 is 1.85 bits per heavy atom. The van der Waals surface area contributed by atoms with Crippen LogP contribution < -0.4 is 10.1 Å². The molecule has 0 aliphatic carbocycles. The predicted octanol–water partition coefficient (Wildman–Crippen LogP) is 7.78. The number of aromatic carboxylic acids is 1. The molecule has 7 rings (SSSR count). The molecule has 1 saturated heterocycles. The molecule has 2 aliphatic heterocycles. The van der Waals surface area contributed by atoms with E-state index in [1.165, 1.54) is 6.07 Å². The van der Waals surface area contributed by atoms with Crippen LogP contribution in [0.2, 0.25) is 10.0 Å². The minimum absolute atomic E-state index is 0.0353. The maximum atomic E-state index is 16.3. The van der Waals surface area contributed by atoms with Gasteiger partial charge in [0.2, 0.25) is 5.91 Å². The Morgan fingerprint density at radius 1 is 1.06 bits per heavy atom. The number of hydrogen-bond acceptors (Lipinski definition) is 5. The normalized spacial score (nSPS) is 21.9. The Labute approximate surface area is 287 Å². The first-order valence-corrected chi connectivity index (χ1v) is 16.5. The van der Waals surface area contributed by atoms with E-state index in [9.17, 15) is 14.7 Å². The second-order valence-electron chi connectivity index (χ2n) is 12.5. The molecule has 1 amide bonds. The number of rotatable bonds is 8. The maximum absolute atomic E-state index is 16.3. The van der Waals surface area contributed by atoms with Gasteiger partial charge in [-0.25, -0.2) is 14.2 Å². The summed E-state index contributed by atoms with van der Waals surface area (Å²) in [6, 6.07) is 24.3. The zero-order chi connectivity index (χ0) is 33.7. The molecule has 8 nitrogen and oxygen atoms in total. The van der Waals surface area contributed by atoms with Crippen molar-refractivity contribution in [3.63, 3.8) is 0 Å². The zero-order valence-electron chi connectivity index (χ0n) is 26.3. The van der Waals surface area contributed by atoms with Gasteiger partial charge in [-0.05, 0) is 85.5 Å². The van der Waals surface area contributed by atoms with Gasteiger partial charge in [0.1, 0.15) is 22.9 Å². The highest BCUT2D eigenvalue weighted by atomic mass is 35.5. The van der Waals surface area contributed by atoms with E-state index in [1.807, 2.05) is 31.2 Å². The van der Waals surface area contributed by atoms with E-state index in [0.717, 1.165) is 16.8 Å². The third-order valence-corrected chi connectivity index (χ3v) is 10.5. The first-order valence-electron chi connectivity index (χ1n) is 15.7. The van der Waals surface area contributed by atoms with Crippen molar-refractivity contribution in [2.24, 2.45) is 0 Å². The molecule has 1 fully saturated rings. The fraction of sp³-hybridized carbons (Fsp3) is 0.270. The molecule has 4 atom stereocenters. The first-order chi connectivity index (χ1) is 23.1. The summed E-state index contributed by atoms with van der Waals surface area (Å²) in [5.41, 5.74) is 2.04. The number of hydrogen-bond donors (Lipinski definition) is 2. The van der Waals surface area contributed by atoms with Gasteiger partial charge in [-0.3, -0.25) is 9.69 Å². The van der Waals surface area contributed by atoms with Gasteiger partial charge in [-0.2, -0.15) is 0 Å². The Bertz CT molecular complexity index is 2070. The van der Waals surface area contributed by atoms with Gasteiger partial charge in [-0.1, -0.05) is 53.5 Å². The van der Waals surface area contributed by atoms with Gasteiger partial charge in [0.25, 0.3) is 0 Å². The minimum Gasteiger partial charge on any atom is -0.497 e. The number of aryl methyl sites for hydroxylation is 1. The molecule has 0 saturated carbocycles. The van der Waals surface area contributed by atoms with E-state index in [1.54, 1.807) is 61.7 Å². The average molecular weight is 688 g/mol. The molecular formula is C37H33Cl2FN4O4. The quantitative estimate of drug-likeness (QED) is 0.173. The summed E-state index contributed by atoms with van der Waals surface area (Å²) in [6.07, 6.45) is 1.25. The number of ether oxygens (including phenoxy) is 1. The molecule has 0 bridgehead atoms. The summed E-state index contributed by atoms with van der Waals surface area (Å²) in [5, 5.41) is 13.2. The van der Waals surface area contributed by atoms with Gasteiger partial charge in [0.15, 0.2) is 0 Å². The van der Waals surface area contributed by atoms with Crippen LogP contribution in [0.5, 0.6) is 5.75 Å². The number of fused-ring (bicyclic) bond motifs is 5. The molecule has 246 valence electrons. The van der Waals surface area contributed by atoms with E-state index in [2.05, 4.69) is 14.8 Å². The van der Waals surface area contributed by atoms with Crippen molar-refractivity contribution < 1.29 is 23.8 Å². The lowest BCUT2D eigenvalue weighted by Crippen LogP contribution is -2.56. The lowest BCUT2D eigenvalue weighted by Gasteiger charge is -2.40. The standard InChI is InChI=1S/C37H33Cl2FN4O4/c1-37(36(47)41-24-8-4-7-23(38)20-24)32(26-10-5-11-27(39)33(26)40)31-30(44(37)17-14-21-6-3-9-25(18-21)48-2)15-16-43-29-13-12-22(35(45)46)19-28(29)42-34(31)43/h3-13,18-20,30-32H,14-17H2,1-2H3,(H,41,47)(H,45,46)/t30-,31+,32-,37+/m0/s1. The van der Waals surface area contributed by atoms with Crippen molar-refractivity contribution in [3.8, 4) is 5.75 Å². The lowest BCUT2D eigenvalue weighted by molar-refractivity contribution is -0.127. The van der Waals surface area contributed by atoms with Crippen molar-refractivity contribution in [3.05, 3.63) is 123 Å². The van der Waals surface area contributed by atoms with E-state index in [0.29, 0.717) is 53.5 Å². The molecule has 0 unspecified atom stereocenters. The third kappa shape index (κ3) is 5.40. The smallest absolute Gasteiger partial charge is 0.335 e. The van der Waals surface area contributed by atoms with Gasteiger partial charge in [-0.15, -0.1) is 0 Å². The van der Waals surface area contributed by atoms with Crippen molar-refractivity contribution in [1.29, 1.82) is 0 Å². The highest BCUT2D eigenvalue weighted by Crippen LogP contribution is 2.57. The van der Waals surface area contributed by atoms with Crippen LogP contribution in [0.15, 0.2) is 84.9 Å². The molecule has 2 N–H and O–H groups in total. The molecule has 1 aromatic heterocycles. The Kier molecular flexibility index (Phi) is 8.39. The molecule has 48 heavy (non-hydrogen) atoms. The number of nitrogens with zero attached hydrogens (tertiary/aromatic N) is 3. The number of carboxylic acids is 1. The monoisotopic (exact) mass is 686 g/mol. The number of carbonyl (C=O) groups is 2. The van der Waals surface area contributed by atoms with Crippen LogP contribution in [-0.4, -0.2) is 56.7 Å². The van der Waals surface area contributed by atoms with Crippen molar-refractivity contribution in [2.45, 2.75) is 49.7 Å². The van der Waals surface area contributed by atoms with E-state index in [-0.39, 0.29) is 22.5 Å². The van der Waals surface area contributed by atoms with Gasteiger partial charge in [0.05, 0.1) is 28.7 Å². The first kappa shape index (κ1) is 32.1. The predicted molar refractivity (Wildman–Crippen MR) is 184 cm³/mol. The number of methoxy groups -OCH3 is 1. The van der Waals surface area contributed by atoms with E-state index in [4.69, 9.17) is 32.9 Å². The molecular weight excluding hydrogens is 654 g/mol. The molecule has 5 aromatic rings. The third-order valence-electron chi connectivity index (χ3n) is 9.98. The molecule has 2 aliphatic rings. The largest absolute Gasteiger partial charge is 0.497 e. The van der Waals surface area contributed by atoms with Crippen LogP contribution in [0, 0.1) is 5.82 Å². The summed E-state index contributed by atoms with van der Waals surface area (Å²) < 4.78 is 23.8. The summed E-state index contributed by atoms with van der Waals surface area (Å²) in [6.45, 7) is 2.94. The topological polar surface area (TPSA) is 96.7 Å². The highest BCUT2D eigenvalue weighted by Gasteiger charge is 2.63. The van der Waals surface area contributed by atoms with Crippen LogP contribution in [0.25, 0.3) is 11.0 Å². The maximum Gasteiger partial charge on any atom is 0.335 e. The Hall–Kier alpha value is -4.44. The second kappa shape index (κ2) is 12.5. The van der Waals surface area contributed by atoms with Gasteiger partial charge in [0, 0.05) is 41.7 Å². The molecule has 3 heterocycles. The number of imidazole rings is 1. The van der Waals surface area contributed by atoms with Gasteiger partial charge >= 0.3 is 5.97 Å². The number of likely N-dealkylation sites (tertiary alicyclic amines) is 1. The van der Waals surface area contributed by atoms with Crippen molar-refractivity contribution in [2.75, 3.05) is 19.0 Å². The number of anilines is 1. The summed E-state index contributed by atoms with van der Waals surface area (Å²) in [7, 11) is 1.62. The minimum atomic E-state index is -1.29. The van der Waals surface area contributed by atoms with Gasteiger partial charge < -0.3 is 19.7 Å². The fourth-order valence-electron chi connectivity index (χ4n) is 7.81.